The van der Waals surface area contributed by atoms with Gasteiger partial charge in [-0.05, 0) is 30.5 Å². The van der Waals surface area contributed by atoms with E-state index in [-0.39, 0.29) is 11.8 Å². The lowest BCUT2D eigenvalue weighted by molar-refractivity contribution is 0.00875. The number of thiazole rings is 1. The number of rotatable bonds is 4. The van der Waals surface area contributed by atoms with Crippen LogP contribution in [0.2, 0.25) is 0 Å². The highest BCUT2D eigenvalue weighted by Gasteiger charge is 2.38. The Kier molecular flexibility index (Phi) is 5.60. The number of nitrogens with zero attached hydrogens (tertiary/aromatic N) is 4. The van der Waals surface area contributed by atoms with Crippen molar-refractivity contribution >= 4 is 34.5 Å². The number of piperazine rings is 1. The van der Waals surface area contributed by atoms with Gasteiger partial charge in [-0.1, -0.05) is 24.3 Å². The van der Waals surface area contributed by atoms with E-state index in [4.69, 9.17) is 0 Å². The lowest BCUT2D eigenvalue weighted by atomic mass is 10.1. The summed E-state index contributed by atoms with van der Waals surface area (Å²) in [5.41, 5.74) is 1.56. The number of benzene rings is 1. The summed E-state index contributed by atoms with van der Waals surface area (Å²) in [7, 11) is 0. The Morgan fingerprint density at radius 2 is 1.68 bits per heavy atom. The molecule has 0 unspecified atom stereocenters. The number of carbonyl (C=O) groups is 2. The number of hydrogen-bond acceptors (Lipinski definition) is 6. The van der Waals surface area contributed by atoms with Gasteiger partial charge in [0.1, 0.15) is 9.88 Å². The van der Waals surface area contributed by atoms with Crippen LogP contribution in [-0.4, -0.2) is 76.8 Å². The minimum atomic E-state index is 0.0898. The summed E-state index contributed by atoms with van der Waals surface area (Å²) in [5.74, 6) is 0.194. The number of amides is 2. The van der Waals surface area contributed by atoms with Gasteiger partial charge in [0.25, 0.3) is 11.8 Å². The maximum absolute atomic E-state index is 13.0. The van der Waals surface area contributed by atoms with Crippen molar-refractivity contribution in [3.05, 3.63) is 64.0 Å². The second-order valence-electron chi connectivity index (χ2n) is 7.97. The first kappa shape index (κ1) is 20.4. The molecule has 2 aromatic heterocycles. The molecule has 0 aliphatic carbocycles. The second-order valence-corrected chi connectivity index (χ2v) is 9.92. The van der Waals surface area contributed by atoms with Crippen LogP contribution in [0.1, 0.15) is 25.7 Å². The molecule has 2 amide bonds. The van der Waals surface area contributed by atoms with Gasteiger partial charge in [0.05, 0.1) is 10.6 Å². The van der Waals surface area contributed by atoms with Crippen LogP contribution in [0.4, 0.5) is 0 Å². The Morgan fingerprint density at radius 1 is 0.935 bits per heavy atom. The molecule has 0 radical (unpaired) electrons. The summed E-state index contributed by atoms with van der Waals surface area (Å²) < 4.78 is 0. The minimum absolute atomic E-state index is 0.0898. The number of aryl methyl sites for hydroxylation is 1. The summed E-state index contributed by atoms with van der Waals surface area (Å²) in [6.07, 6.45) is 0. The second kappa shape index (κ2) is 8.53. The van der Waals surface area contributed by atoms with Gasteiger partial charge in [-0.25, -0.2) is 4.98 Å². The Bertz CT molecular complexity index is 1070. The predicted octanol–water partition coefficient (Wildman–Crippen LogP) is 3.46. The van der Waals surface area contributed by atoms with E-state index >= 15 is 0 Å². The van der Waals surface area contributed by atoms with E-state index in [1.54, 1.807) is 11.3 Å². The monoisotopic (exact) mass is 452 g/mol. The minimum Gasteiger partial charge on any atom is -0.336 e. The number of aromatic nitrogens is 1. The number of likely N-dealkylation sites (tertiary alicyclic amines) is 1. The third-order valence-corrected chi connectivity index (χ3v) is 8.20. The molecule has 5 rings (SSSR count). The summed E-state index contributed by atoms with van der Waals surface area (Å²) in [6.45, 7) is 6.59. The molecule has 2 saturated heterocycles. The van der Waals surface area contributed by atoms with Crippen LogP contribution < -0.4 is 0 Å². The van der Waals surface area contributed by atoms with Gasteiger partial charge < -0.3 is 9.80 Å². The van der Waals surface area contributed by atoms with E-state index in [0.717, 1.165) is 65.3 Å². The fourth-order valence-electron chi connectivity index (χ4n) is 4.15. The molecule has 2 fully saturated rings. The molecule has 0 atom stereocenters. The molecule has 6 nitrogen and oxygen atoms in total. The SMILES string of the molecule is Cc1nc(-c2cccs2)sc1C(=O)N1CC(N2CCN(C(=O)c3ccccc3)CC2)C1. The summed E-state index contributed by atoms with van der Waals surface area (Å²) in [4.78, 5) is 38.3. The van der Waals surface area contributed by atoms with Crippen LogP contribution in [0.5, 0.6) is 0 Å². The molecular weight excluding hydrogens is 428 g/mol. The Balaban J connectivity index is 1.14. The van der Waals surface area contributed by atoms with Crippen LogP contribution >= 0.6 is 22.7 Å². The van der Waals surface area contributed by atoms with Gasteiger partial charge in [0.2, 0.25) is 0 Å². The molecule has 160 valence electrons. The Hall–Kier alpha value is -2.55. The highest BCUT2D eigenvalue weighted by Crippen LogP contribution is 2.32. The van der Waals surface area contributed by atoms with Gasteiger partial charge in [0, 0.05) is 50.9 Å². The number of thiophene rings is 1. The predicted molar refractivity (Wildman–Crippen MR) is 124 cm³/mol. The lowest BCUT2D eigenvalue weighted by Gasteiger charge is -2.48. The van der Waals surface area contributed by atoms with Crippen molar-refractivity contribution in [2.45, 2.75) is 13.0 Å². The van der Waals surface area contributed by atoms with E-state index in [1.165, 1.54) is 11.3 Å². The van der Waals surface area contributed by atoms with Crippen molar-refractivity contribution in [1.29, 1.82) is 0 Å². The van der Waals surface area contributed by atoms with Crippen LogP contribution in [0.15, 0.2) is 47.8 Å². The maximum Gasteiger partial charge on any atom is 0.265 e. The van der Waals surface area contributed by atoms with E-state index in [2.05, 4.69) is 9.88 Å². The molecule has 0 N–H and O–H groups in total. The average molecular weight is 453 g/mol. The van der Waals surface area contributed by atoms with Crippen LogP contribution in [-0.2, 0) is 0 Å². The van der Waals surface area contributed by atoms with Gasteiger partial charge in [-0.2, -0.15) is 0 Å². The van der Waals surface area contributed by atoms with Crippen molar-refractivity contribution < 1.29 is 9.59 Å². The molecule has 4 heterocycles. The molecule has 2 aliphatic heterocycles. The van der Waals surface area contributed by atoms with E-state index in [1.807, 2.05) is 64.6 Å². The summed E-state index contributed by atoms with van der Waals surface area (Å²) in [6, 6.07) is 13.9. The molecule has 8 heteroatoms. The fraction of sp³-hybridized carbons (Fsp3) is 0.348. The van der Waals surface area contributed by atoms with Crippen LogP contribution in [0.3, 0.4) is 0 Å². The van der Waals surface area contributed by atoms with Gasteiger partial charge in [-0.3, -0.25) is 14.5 Å². The molecule has 31 heavy (non-hydrogen) atoms. The Morgan fingerprint density at radius 3 is 2.35 bits per heavy atom. The van der Waals surface area contributed by atoms with Crippen molar-refractivity contribution in [2.24, 2.45) is 0 Å². The third-order valence-electron chi connectivity index (χ3n) is 6.01. The largest absolute Gasteiger partial charge is 0.336 e. The Labute approximate surface area is 189 Å². The molecule has 0 spiro atoms. The van der Waals surface area contributed by atoms with Crippen LogP contribution in [0, 0.1) is 6.92 Å². The first-order valence-corrected chi connectivity index (χ1v) is 12.2. The molecule has 1 aromatic carbocycles. The molecular formula is C23H24N4O2S2. The summed E-state index contributed by atoms with van der Waals surface area (Å²) >= 11 is 3.14. The summed E-state index contributed by atoms with van der Waals surface area (Å²) in [5, 5.41) is 2.95. The topological polar surface area (TPSA) is 56.8 Å². The van der Waals surface area contributed by atoms with Crippen molar-refractivity contribution in [2.75, 3.05) is 39.3 Å². The molecule has 0 saturated carbocycles. The molecule has 2 aliphatic rings. The van der Waals surface area contributed by atoms with Crippen molar-refractivity contribution in [3.63, 3.8) is 0 Å². The maximum atomic E-state index is 13.0. The van der Waals surface area contributed by atoms with Gasteiger partial charge in [0.15, 0.2) is 0 Å². The van der Waals surface area contributed by atoms with Crippen LogP contribution in [0.25, 0.3) is 9.88 Å². The smallest absolute Gasteiger partial charge is 0.265 e. The fourth-order valence-corrected chi connectivity index (χ4v) is 5.98. The highest BCUT2D eigenvalue weighted by molar-refractivity contribution is 7.22. The number of carbonyl (C=O) groups excluding carboxylic acids is 2. The van der Waals surface area contributed by atoms with E-state index in [0.29, 0.717) is 6.04 Å². The normalized spacial score (nSPS) is 17.6. The van der Waals surface area contributed by atoms with E-state index < -0.39 is 0 Å². The van der Waals surface area contributed by atoms with Crippen molar-refractivity contribution in [1.82, 2.24) is 19.7 Å². The zero-order chi connectivity index (χ0) is 21.4. The van der Waals surface area contributed by atoms with E-state index in [9.17, 15) is 9.59 Å². The molecule has 3 aromatic rings. The first-order chi connectivity index (χ1) is 15.1. The highest BCUT2D eigenvalue weighted by atomic mass is 32.1. The standard InChI is InChI=1S/C23H24N4O2S2/c1-16-20(31-21(24-16)19-8-5-13-30-19)23(29)27-14-18(15-27)25-9-11-26(12-10-25)22(28)17-6-3-2-4-7-17/h2-8,13,18H,9-12,14-15H2,1H3. The quantitative estimate of drug-likeness (QED) is 0.608. The molecule has 0 bridgehead atoms. The number of hydrogen-bond donors (Lipinski definition) is 0. The lowest BCUT2D eigenvalue weighted by Crippen LogP contribution is -2.64. The van der Waals surface area contributed by atoms with Crippen molar-refractivity contribution in [3.8, 4) is 9.88 Å². The zero-order valence-electron chi connectivity index (χ0n) is 17.4. The zero-order valence-corrected chi connectivity index (χ0v) is 19.0. The third kappa shape index (κ3) is 4.03. The average Bonchev–Trinajstić information content (AvgIpc) is 3.43. The van der Waals surface area contributed by atoms with Gasteiger partial charge in [-0.15, -0.1) is 22.7 Å². The first-order valence-electron chi connectivity index (χ1n) is 10.5. The van der Waals surface area contributed by atoms with Gasteiger partial charge >= 0.3 is 0 Å².